The predicted molar refractivity (Wildman–Crippen MR) is 65.5 cm³/mol. The average Bonchev–Trinajstić information content (AvgIpc) is 2.90. The largest absolute Gasteiger partial charge is 0.358 e. The first-order chi connectivity index (χ1) is 8.35. The van der Waals surface area contributed by atoms with Crippen LogP contribution in [0, 0.1) is 11.3 Å². The van der Waals surface area contributed by atoms with Gasteiger partial charge in [0.1, 0.15) is 11.1 Å². The molecule has 2 heterocycles. The van der Waals surface area contributed by atoms with Crippen molar-refractivity contribution in [1.29, 1.82) is 5.26 Å². The molecule has 0 radical (unpaired) electrons. The van der Waals surface area contributed by atoms with Gasteiger partial charge in [0.05, 0.1) is 17.8 Å². The molecule has 5 nitrogen and oxygen atoms in total. The summed E-state index contributed by atoms with van der Waals surface area (Å²) in [4.78, 5) is 4.26. The minimum atomic E-state index is 0.0683. The molecule has 17 heavy (non-hydrogen) atoms. The van der Waals surface area contributed by atoms with Crippen LogP contribution in [0.25, 0.3) is 0 Å². The fourth-order valence-electron chi connectivity index (χ4n) is 1.44. The molecule has 0 fully saturated rings. The fourth-order valence-corrected chi connectivity index (χ4v) is 2.21. The van der Waals surface area contributed by atoms with Crippen molar-refractivity contribution in [2.75, 3.05) is 5.32 Å². The Morgan fingerprint density at radius 1 is 1.53 bits per heavy atom. The molecule has 6 heteroatoms. The third-order valence-electron chi connectivity index (χ3n) is 2.31. The van der Waals surface area contributed by atoms with Crippen molar-refractivity contribution in [3.8, 4) is 6.07 Å². The predicted octanol–water partition coefficient (Wildman–Crippen LogP) is 2.37. The lowest BCUT2D eigenvalue weighted by Gasteiger charge is -2.14. The van der Waals surface area contributed by atoms with E-state index in [1.807, 2.05) is 5.38 Å². The third-order valence-corrected chi connectivity index (χ3v) is 3.20. The molecule has 0 amide bonds. The Bertz CT molecular complexity index is 517. The zero-order valence-corrected chi connectivity index (χ0v) is 10.1. The molecule has 0 spiro atoms. The van der Waals surface area contributed by atoms with Crippen molar-refractivity contribution in [2.45, 2.75) is 19.4 Å². The molecule has 2 aromatic heterocycles. The number of anilines is 1. The molecule has 2 aromatic rings. The summed E-state index contributed by atoms with van der Waals surface area (Å²) in [6, 6.07) is 3.80. The van der Waals surface area contributed by atoms with Gasteiger partial charge in [0.2, 0.25) is 0 Å². The second-order valence-corrected chi connectivity index (χ2v) is 4.31. The van der Waals surface area contributed by atoms with Gasteiger partial charge in [-0.05, 0) is 12.5 Å². The van der Waals surface area contributed by atoms with Crippen molar-refractivity contribution in [1.82, 2.24) is 15.2 Å². The number of aromatic nitrogens is 3. The lowest BCUT2D eigenvalue weighted by atomic mass is 10.2. The lowest BCUT2D eigenvalue weighted by molar-refractivity contribution is 0.733. The maximum absolute atomic E-state index is 8.96. The van der Waals surface area contributed by atoms with Gasteiger partial charge < -0.3 is 5.32 Å². The SMILES string of the molecule is CCC(Nc1nnccc1C#N)c1nccs1. The Balaban J connectivity index is 2.22. The molecule has 1 unspecified atom stereocenters. The molecule has 0 saturated heterocycles. The molecule has 2 rings (SSSR count). The van der Waals surface area contributed by atoms with Gasteiger partial charge in [-0.3, -0.25) is 0 Å². The molecule has 0 aliphatic rings. The standard InChI is InChI=1S/C11H11N5S/c1-2-9(11-13-5-6-17-11)15-10-8(7-12)3-4-14-16-10/h3-6,9H,2H2,1H3,(H,15,16). The van der Waals surface area contributed by atoms with Crippen LogP contribution in [0.1, 0.15) is 30.0 Å². The Morgan fingerprint density at radius 2 is 2.41 bits per heavy atom. The van der Waals surface area contributed by atoms with Gasteiger partial charge >= 0.3 is 0 Å². The van der Waals surface area contributed by atoms with E-state index in [9.17, 15) is 0 Å². The van der Waals surface area contributed by atoms with E-state index in [-0.39, 0.29) is 6.04 Å². The van der Waals surface area contributed by atoms with E-state index in [0.29, 0.717) is 11.4 Å². The van der Waals surface area contributed by atoms with Gasteiger partial charge in [-0.1, -0.05) is 6.92 Å². The van der Waals surface area contributed by atoms with E-state index in [1.165, 1.54) is 6.20 Å². The fraction of sp³-hybridized carbons (Fsp3) is 0.273. The molecule has 1 N–H and O–H groups in total. The van der Waals surface area contributed by atoms with Crippen LogP contribution in [0.2, 0.25) is 0 Å². The molecule has 86 valence electrons. The van der Waals surface area contributed by atoms with Crippen LogP contribution in [0.4, 0.5) is 5.82 Å². The van der Waals surface area contributed by atoms with Gasteiger partial charge in [-0.25, -0.2) is 4.98 Å². The minimum Gasteiger partial charge on any atom is -0.358 e. The number of nitriles is 1. The first-order valence-electron chi connectivity index (χ1n) is 5.23. The molecule has 0 aliphatic carbocycles. The molecule has 0 aromatic carbocycles. The monoisotopic (exact) mass is 245 g/mol. The second kappa shape index (κ2) is 5.37. The summed E-state index contributed by atoms with van der Waals surface area (Å²) in [5.41, 5.74) is 0.495. The van der Waals surface area contributed by atoms with Crippen LogP contribution in [-0.4, -0.2) is 15.2 Å². The van der Waals surface area contributed by atoms with E-state index in [2.05, 4.69) is 33.5 Å². The highest BCUT2D eigenvalue weighted by atomic mass is 32.1. The number of rotatable bonds is 4. The van der Waals surface area contributed by atoms with Crippen LogP contribution in [-0.2, 0) is 0 Å². The molecule has 0 bridgehead atoms. The number of nitrogens with zero attached hydrogens (tertiary/aromatic N) is 4. The van der Waals surface area contributed by atoms with Crippen LogP contribution < -0.4 is 5.32 Å². The molecule has 0 aliphatic heterocycles. The maximum Gasteiger partial charge on any atom is 0.167 e. The summed E-state index contributed by atoms with van der Waals surface area (Å²) in [7, 11) is 0. The van der Waals surface area contributed by atoms with Crippen molar-refractivity contribution >= 4 is 17.2 Å². The zero-order valence-electron chi connectivity index (χ0n) is 9.29. The summed E-state index contributed by atoms with van der Waals surface area (Å²) in [5.74, 6) is 0.511. The van der Waals surface area contributed by atoms with Gasteiger partial charge in [0.15, 0.2) is 5.82 Å². The zero-order chi connectivity index (χ0) is 12.1. The molecule has 0 saturated carbocycles. The van der Waals surface area contributed by atoms with E-state index in [4.69, 9.17) is 5.26 Å². The Kier molecular flexibility index (Phi) is 3.62. The Labute approximate surface area is 103 Å². The highest BCUT2D eigenvalue weighted by molar-refractivity contribution is 7.09. The summed E-state index contributed by atoms with van der Waals surface area (Å²) in [6.45, 7) is 2.06. The summed E-state index contributed by atoms with van der Waals surface area (Å²) >= 11 is 1.58. The van der Waals surface area contributed by atoms with E-state index >= 15 is 0 Å². The minimum absolute atomic E-state index is 0.0683. The normalized spacial score (nSPS) is 11.8. The number of thiazole rings is 1. The summed E-state index contributed by atoms with van der Waals surface area (Å²) in [5, 5.41) is 22.8. The Hall–Kier alpha value is -2.00. The van der Waals surface area contributed by atoms with Gasteiger partial charge in [0.25, 0.3) is 0 Å². The van der Waals surface area contributed by atoms with E-state index < -0.39 is 0 Å². The second-order valence-electron chi connectivity index (χ2n) is 3.38. The van der Waals surface area contributed by atoms with Crippen molar-refractivity contribution in [2.24, 2.45) is 0 Å². The maximum atomic E-state index is 8.96. The molecular weight excluding hydrogens is 234 g/mol. The van der Waals surface area contributed by atoms with E-state index in [0.717, 1.165) is 11.4 Å². The lowest BCUT2D eigenvalue weighted by Crippen LogP contribution is -2.12. The van der Waals surface area contributed by atoms with Crippen LogP contribution in [0.3, 0.4) is 0 Å². The topological polar surface area (TPSA) is 74.5 Å². The first kappa shape index (κ1) is 11.5. The first-order valence-corrected chi connectivity index (χ1v) is 6.10. The highest BCUT2D eigenvalue weighted by Crippen LogP contribution is 2.24. The quantitative estimate of drug-likeness (QED) is 0.895. The van der Waals surface area contributed by atoms with Crippen molar-refractivity contribution < 1.29 is 0 Å². The van der Waals surface area contributed by atoms with Crippen molar-refractivity contribution in [3.05, 3.63) is 34.4 Å². The van der Waals surface area contributed by atoms with Gasteiger partial charge in [-0.2, -0.15) is 10.4 Å². The average molecular weight is 245 g/mol. The smallest absolute Gasteiger partial charge is 0.167 e. The van der Waals surface area contributed by atoms with E-state index in [1.54, 1.807) is 23.6 Å². The highest BCUT2D eigenvalue weighted by Gasteiger charge is 2.14. The third kappa shape index (κ3) is 2.57. The number of nitrogens with one attached hydrogen (secondary N) is 1. The summed E-state index contributed by atoms with van der Waals surface area (Å²) in [6.07, 6.45) is 4.15. The summed E-state index contributed by atoms with van der Waals surface area (Å²) < 4.78 is 0. The number of hydrogen-bond acceptors (Lipinski definition) is 6. The molecule has 1 atom stereocenters. The van der Waals surface area contributed by atoms with Crippen LogP contribution in [0.15, 0.2) is 23.8 Å². The van der Waals surface area contributed by atoms with Crippen LogP contribution >= 0.6 is 11.3 Å². The van der Waals surface area contributed by atoms with Gasteiger partial charge in [0, 0.05) is 11.6 Å². The van der Waals surface area contributed by atoms with Crippen molar-refractivity contribution in [3.63, 3.8) is 0 Å². The van der Waals surface area contributed by atoms with Crippen LogP contribution in [0.5, 0.6) is 0 Å². The van der Waals surface area contributed by atoms with Gasteiger partial charge in [-0.15, -0.1) is 16.4 Å². The molecular formula is C11H11N5S. The Morgan fingerprint density at radius 3 is 3.06 bits per heavy atom. The number of hydrogen-bond donors (Lipinski definition) is 1.